The van der Waals surface area contributed by atoms with E-state index in [-0.39, 0.29) is 0 Å². The molecular formula is C25H24B2N2O2. The van der Waals surface area contributed by atoms with E-state index in [0.717, 1.165) is 35.4 Å². The Labute approximate surface area is 185 Å². The lowest BCUT2D eigenvalue weighted by atomic mass is 9.73. The molecule has 0 amide bonds. The average Bonchev–Trinajstić information content (AvgIpc) is 2.83. The van der Waals surface area contributed by atoms with E-state index in [2.05, 4.69) is 63.2 Å². The minimum absolute atomic E-state index is 0.671. The van der Waals surface area contributed by atoms with Crippen LogP contribution in [0.15, 0.2) is 72.8 Å². The Balaban J connectivity index is 1.87. The summed E-state index contributed by atoms with van der Waals surface area (Å²) in [5.74, 6) is 2.06. The Morgan fingerprint density at radius 2 is 1.26 bits per heavy atom. The fourth-order valence-electron chi connectivity index (χ4n) is 3.48. The summed E-state index contributed by atoms with van der Waals surface area (Å²) in [6.45, 7) is 2.15. The summed E-state index contributed by atoms with van der Waals surface area (Å²) in [4.78, 5) is 9.79. The highest BCUT2D eigenvalue weighted by Crippen LogP contribution is 2.33. The highest BCUT2D eigenvalue weighted by atomic mass is 16.5. The van der Waals surface area contributed by atoms with Crippen LogP contribution in [0.2, 0.25) is 6.82 Å². The van der Waals surface area contributed by atoms with Gasteiger partial charge in [0.05, 0.1) is 25.6 Å². The Bertz CT molecular complexity index is 1190. The molecular weight excluding hydrogens is 382 g/mol. The zero-order valence-electron chi connectivity index (χ0n) is 18.3. The molecule has 1 heterocycles. The molecule has 0 radical (unpaired) electrons. The second-order valence-electron chi connectivity index (χ2n) is 7.45. The number of aromatic nitrogens is 2. The molecule has 0 bridgehead atoms. The maximum atomic E-state index is 5.50. The molecule has 31 heavy (non-hydrogen) atoms. The smallest absolute Gasteiger partial charge is 0.161 e. The lowest BCUT2D eigenvalue weighted by Gasteiger charge is -2.12. The van der Waals surface area contributed by atoms with Crippen LogP contribution in [-0.4, -0.2) is 39.3 Å². The third-order valence-corrected chi connectivity index (χ3v) is 5.37. The molecule has 0 spiro atoms. The molecule has 3 aromatic carbocycles. The van der Waals surface area contributed by atoms with Crippen LogP contribution in [0.25, 0.3) is 33.9 Å². The summed E-state index contributed by atoms with van der Waals surface area (Å²) >= 11 is 0. The van der Waals surface area contributed by atoms with Crippen molar-refractivity contribution in [1.29, 1.82) is 0 Å². The van der Waals surface area contributed by atoms with Gasteiger partial charge in [-0.1, -0.05) is 66.3 Å². The molecule has 0 aliphatic rings. The summed E-state index contributed by atoms with van der Waals surface area (Å²) in [7, 11) is 6.36. The van der Waals surface area contributed by atoms with E-state index in [1.54, 1.807) is 14.2 Å². The van der Waals surface area contributed by atoms with Gasteiger partial charge in [-0.2, -0.15) is 0 Å². The first-order chi connectivity index (χ1) is 15.1. The van der Waals surface area contributed by atoms with Gasteiger partial charge < -0.3 is 9.47 Å². The van der Waals surface area contributed by atoms with Gasteiger partial charge in [-0.15, -0.1) is 0 Å². The second-order valence-corrected chi connectivity index (χ2v) is 7.45. The molecule has 0 fully saturated rings. The van der Waals surface area contributed by atoms with Gasteiger partial charge in [0.1, 0.15) is 7.85 Å². The first-order valence-electron chi connectivity index (χ1n) is 10.4. The number of hydrogen-bond donors (Lipinski definition) is 0. The number of hydrogen-bond acceptors (Lipinski definition) is 4. The van der Waals surface area contributed by atoms with Gasteiger partial charge in [0.2, 0.25) is 0 Å². The van der Waals surface area contributed by atoms with Crippen LogP contribution in [0.5, 0.6) is 11.5 Å². The first kappa shape index (κ1) is 20.7. The minimum Gasteiger partial charge on any atom is -0.493 e. The number of benzene rings is 3. The van der Waals surface area contributed by atoms with Gasteiger partial charge >= 0.3 is 0 Å². The van der Waals surface area contributed by atoms with Gasteiger partial charge in [-0.3, -0.25) is 0 Å². The normalized spacial score (nSPS) is 10.5. The Morgan fingerprint density at radius 1 is 0.677 bits per heavy atom. The van der Waals surface area contributed by atoms with Gasteiger partial charge in [0, 0.05) is 16.7 Å². The van der Waals surface area contributed by atoms with Gasteiger partial charge in [-0.05, 0) is 24.3 Å². The Kier molecular flexibility index (Phi) is 6.08. The van der Waals surface area contributed by atoms with E-state index >= 15 is 0 Å². The molecule has 4 aromatic rings. The number of nitrogens with zero attached hydrogens (tertiary/aromatic N) is 2. The SMILES string of the molecule is Bc1ccc(-c2cc(-c3ccc(OC)c(OC)c3)nc(-c3ccc(BC)cc3)n2)cc1. The van der Waals surface area contributed by atoms with Crippen LogP contribution in [-0.2, 0) is 0 Å². The highest BCUT2D eigenvalue weighted by molar-refractivity contribution is 6.51. The molecule has 0 saturated heterocycles. The molecule has 0 N–H and O–H groups in total. The van der Waals surface area contributed by atoms with E-state index in [1.807, 2.05) is 24.3 Å². The van der Waals surface area contributed by atoms with Crippen molar-refractivity contribution in [2.24, 2.45) is 0 Å². The Morgan fingerprint density at radius 3 is 1.87 bits per heavy atom. The van der Waals surface area contributed by atoms with Crippen LogP contribution in [0.1, 0.15) is 0 Å². The van der Waals surface area contributed by atoms with Crippen molar-refractivity contribution in [3.8, 4) is 45.4 Å². The molecule has 1 aromatic heterocycles. The number of rotatable bonds is 6. The summed E-state index contributed by atoms with van der Waals surface area (Å²) in [5, 5.41) is 0. The van der Waals surface area contributed by atoms with E-state index in [9.17, 15) is 0 Å². The van der Waals surface area contributed by atoms with Crippen molar-refractivity contribution in [1.82, 2.24) is 9.97 Å². The maximum Gasteiger partial charge on any atom is 0.161 e. The molecule has 0 aliphatic heterocycles. The monoisotopic (exact) mass is 406 g/mol. The molecule has 152 valence electrons. The zero-order valence-corrected chi connectivity index (χ0v) is 18.3. The van der Waals surface area contributed by atoms with Crippen molar-refractivity contribution in [3.63, 3.8) is 0 Å². The number of ether oxygens (including phenoxy) is 2. The summed E-state index contributed by atoms with van der Waals surface area (Å²) in [5.41, 5.74) is 7.22. The van der Waals surface area contributed by atoms with Crippen molar-refractivity contribution in [3.05, 3.63) is 72.8 Å². The van der Waals surface area contributed by atoms with Crippen LogP contribution in [0.4, 0.5) is 0 Å². The lowest BCUT2D eigenvalue weighted by molar-refractivity contribution is 0.355. The summed E-state index contributed by atoms with van der Waals surface area (Å²) in [6.07, 6.45) is 0. The Hall–Kier alpha value is -3.53. The lowest BCUT2D eigenvalue weighted by Crippen LogP contribution is -2.09. The topological polar surface area (TPSA) is 44.2 Å². The average molecular weight is 406 g/mol. The van der Waals surface area contributed by atoms with Crippen molar-refractivity contribution in [2.75, 3.05) is 14.2 Å². The van der Waals surface area contributed by atoms with Crippen LogP contribution in [0.3, 0.4) is 0 Å². The quantitative estimate of drug-likeness (QED) is 0.462. The van der Waals surface area contributed by atoms with E-state index < -0.39 is 0 Å². The third-order valence-electron chi connectivity index (χ3n) is 5.37. The standard InChI is InChI=1S/C25H24B2N2O2/c1-27-20-11-6-17(7-12-20)25-28-21(16-4-9-19(26)10-5-16)15-22(29-25)18-8-13-23(30-2)24(14-18)31-3/h4-15,27H,26H2,1-3H3. The van der Waals surface area contributed by atoms with Crippen LogP contribution < -0.4 is 20.4 Å². The van der Waals surface area contributed by atoms with E-state index in [0.29, 0.717) is 17.3 Å². The molecule has 6 heteroatoms. The molecule has 4 rings (SSSR count). The molecule has 0 aliphatic carbocycles. The largest absolute Gasteiger partial charge is 0.493 e. The molecule has 0 saturated carbocycles. The van der Waals surface area contributed by atoms with Gasteiger partial charge in [0.25, 0.3) is 0 Å². The minimum atomic E-state index is 0.671. The predicted molar refractivity (Wildman–Crippen MR) is 132 cm³/mol. The predicted octanol–water partition coefficient (Wildman–Crippen LogP) is 2.86. The van der Waals surface area contributed by atoms with Crippen LogP contribution in [0, 0.1) is 0 Å². The van der Waals surface area contributed by atoms with Crippen molar-refractivity contribution < 1.29 is 9.47 Å². The van der Waals surface area contributed by atoms with E-state index in [4.69, 9.17) is 19.4 Å². The first-order valence-corrected chi connectivity index (χ1v) is 10.4. The van der Waals surface area contributed by atoms with E-state index in [1.165, 1.54) is 10.9 Å². The van der Waals surface area contributed by atoms with Crippen molar-refractivity contribution in [2.45, 2.75) is 6.82 Å². The van der Waals surface area contributed by atoms with Gasteiger partial charge in [0.15, 0.2) is 24.6 Å². The van der Waals surface area contributed by atoms with Gasteiger partial charge in [-0.25, -0.2) is 9.97 Å². The fourth-order valence-corrected chi connectivity index (χ4v) is 3.48. The highest BCUT2D eigenvalue weighted by Gasteiger charge is 2.13. The third kappa shape index (κ3) is 4.48. The van der Waals surface area contributed by atoms with Crippen molar-refractivity contribution >= 4 is 26.1 Å². The summed E-state index contributed by atoms with van der Waals surface area (Å²) < 4.78 is 10.9. The molecule has 4 nitrogen and oxygen atoms in total. The summed E-state index contributed by atoms with van der Waals surface area (Å²) in [6, 6.07) is 24.7. The molecule has 0 atom stereocenters. The number of methoxy groups -OCH3 is 2. The second kappa shape index (κ2) is 9.09. The zero-order chi connectivity index (χ0) is 21.8. The fraction of sp³-hybridized carbons (Fsp3) is 0.120. The maximum absolute atomic E-state index is 5.50. The van der Waals surface area contributed by atoms with Crippen LogP contribution >= 0.6 is 0 Å². The molecule has 0 unspecified atom stereocenters.